The van der Waals surface area contributed by atoms with Gasteiger partial charge in [0.05, 0.1) is 0 Å². The van der Waals surface area contributed by atoms with Gasteiger partial charge >= 0.3 is 0 Å². The zero-order valence-electron chi connectivity index (χ0n) is 15.6. The smallest absolute Gasteiger partial charge is 0.123 e. The second kappa shape index (κ2) is 7.88. The van der Waals surface area contributed by atoms with E-state index >= 15 is 0 Å². The highest BCUT2D eigenvalue weighted by Crippen LogP contribution is 2.53. The van der Waals surface area contributed by atoms with E-state index in [0.717, 1.165) is 44.9 Å². The summed E-state index contributed by atoms with van der Waals surface area (Å²) in [5.74, 6) is 1.74. The number of hydrogen-bond donors (Lipinski definition) is 0. The van der Waals surface area contributed by atoms with E-state index in [2.05, 4.69) is 44.0 Å². The Labute approximate surface area is 147 Å². The van der Waals surface area contributed by atoms with E-state index in [1.54, 1.807) is 0 Å². The van der Waals surface area contributed by atoms with Crippen LogP contribution in [0.3, 0.4) is 0 Å². The van der Waals surface area contributed by atoms with Crippen molar-refractivity contribution in [2.24, 2.45) is 0 Å². The molecule has 24 heavy (non-hydrogen) atoms. The third-order valence-corrected chi connectivity index (χ3v) is 5.78. The summed E-state index contributed by atoms with van der Waals surface area (Å²) >= 11 is 0. The molecule has 0 N–H and O–H groups in total. The monoisotopic (exact) mass is 331 g/mol. The van der Waals surface area contributed by atoms with E-state index in [1.165, 1.54) is 36.8 Å². The average molecular weight is 332 g/mol. The van der Waals surface area contributed by atoms with Gasteiger partial charge in [-0.2, -0.15) is 0 Å². The number of nitrogens with zero attached hydrogens (tertiary/aromatic N) is 1. The fourth-order valence-electron chi connectivity index (χ4n) is 4.45. The van der Waals surface area contributed by atoms with Crippen LogP contribution in [0.1, 0.15) is 62.5 Å². The molecule has 1 aliphatic heterocycles. The maximum absolute atomic E-state index is 6.60. The standard InChI is InChI=1S/C21H33NO2/c1-4-23-15-7-13-22(3)14-12-21-11-6-5-8-19(21)18-16-17(2)9-10-20(18)24-21/h9-10,16,19H,4-8,11-15H2,1-3H3. The van der Waals surface area contributed by atoms with Crippen LogP contribution in [-0.2, 0) is 4.74 Å². The summed E-state index contributed by atoms with van der Waals surface area (Å²) in [5, 5.41) is 0. The molecule has 1 aliphatic carbocycles. The van der Waals surface area contributed by atoms with Gasteiger partial charge < -0.3 is 14.4 Å². The molecule has 1 fully saturated rings. The quantitative estimate of drug-likeness (QED) is 0.653. The van der Waals surface area contributed by atoms with E-state index in [-0.39, 0.29) is 5.60 Å². The van der Waals surface area contributed by atoms with Crippen molar-refractivity contribution in [2.45, 2.75) is 63.9 Å². The lowest BCUT2D eigenvalue weighted by atomic mass is 9.71. The third kappa shape index (κ3) is 3.78. The Morgan fingerprint density at radius 2 is 2.17 bits per heavy atom. The predicted octanol–water partition coefficient (Wildman–Crippen LogP) is 4.53. The zero-order valence-corrected chi connectivity index (χ0v) is 15.6. The van der Waals surface area contributed by atoms with Crippen LogP contribution in [0.15, 0.2) is 18.2 Å². The van der Waals surface area contributed by atoms with E-state index < -0.39 is 0 Å². The van der Waals surface area contributed by atoms with Crippen molar-refractivity contribution in [1.29, 1.82) is 0 Å². The lowest BCUT2D eigenvalue weighted by molar-refractivity contribution is 0.0191. The average Bonchev–Trinajstić information content (AvgIpc) is 2.91. The van der Waals surface area contributed by atoms with Gasteiger partial charge in [-0.25, -0.2) is 0 Å². The van der Waals surface area contributed by atoms with E-state index in [9.17, 15) is 0 Å². The van der Waals surface area contributed by atoms with Crippen molar-refractivity contribution in [3.8, 4) is 5.75 Å². The van der Waals surface area contributed by atoms with Gasteiger partial charge in [-0.3, -0.25) is 0 Å². The van der Waals surface area contributed by atoms with Gasteiger partial charge in [-0.1, -0.05) is 24.1 Å². The maximum Gasteiger partial charge on any atom is 0.123 e. The summed E-state index contributed by atoms with van der Waals surface area (Å²) in [6.07, 6.45) is 7.38. The Morgan fingerprint density at radius 3 is 3.00 bits per heavy atom. The van der Waals surface area contributed by atoms with E-state index in [0.29, 0.717) is 5.92 Å². The van der Waals surface area contributed by atoms with Crippen LogP contribution in [0.4, 0.5) is 0 Å². The molecule has 2 aliphatic rings. The molecule has 1 aromatic rings. The number of hydrogen-bond acceptors (Lipinski definition) is 3. The molecule has 2 unspecified atom stereocenters. The van der Waals surface area contributed by atoms with Gasteiger partial charge in [0.15, 0.2) is 0 Å². The molecule has 0 saturated heterocycles. The maximum atomic E-state index is 6.60. The summed E-state index contributed by atoms with van der Waals surface area (Å²) in [5.41, 5.74) is 2.86. The molecule has 1 heterocycles. The molecule has 1 saturated carbocycles. The molecule has 0 radical (unpaired) electrons. The van der Waals surface area contributed by atoms with Crippen molar-refractivity contribution in [2.75, 3.05) is 33.4 Å². The fraction of sp³-hybridized carbons (Fsp3) is 0.714. The number of rotatable bonds is 8. The summed E-state index contributed by atoms with van der Waals surface area (Å²) < 4.78 is 12.0. The number of aryl methyl sites for hydroxylation is 1. The summed E-state index contributed by atoms with van der Waals surface area (Å²) in [4.78, 5) is 2.44. The highest BCUT2D eigenvalue weighted by Gasteiger charge is 2.49. The Balaban J connectivity index is 1.61. The molecule has 3 heteroatoms. The van der Waals surface area contributed by atoms with Gasteiger partial charge in [0, 0.05) is 44.2 Å². The first kappa shape index (κ1) is 17.8. The Kier molecular flexibility index (Phi) is 5.83. The second-order valence-electron chi connectivity index (χ2n) is 7.61. The molecule has 3 rings (SSSR count). The van der Waals surface area contributed by atoms with Crippen LogP contribution in [0.25, 0.3) is 0 Å². The molecular formula is C21H33NO2. The zero-order chi connectivity index (χ0) is 17.0. The van der Waals surface area contributed by atoms with Gasteiger partial charge in [0.1, 0.15) is 11.4 Å². The first-order valence-corrected chi connectivity index (χ1v) is 9.70. The normalized spacial score (nSPS) is 25.4. The third-order valence-electron chi connectivity index (χ3n) is 5.78. The van der Waals surface area contributed by atoms with Crippen molar-refractivity contribution >= 4 is 0 Å². The van der Waals surface area contributed by atoms with E-state index in [1.807, 2.05) is 0 Å². The van der Waals surface area contributed by atoms with Crippen LogP contribution in [0, 0.1) is 6.92 Å². The predicted molar refractivity (Wildman–Crippen MR) is 99.0 cm³/mol. The summed E-state index contributed by atoms with van der Waals surface area (Å²) in [7, 11) is 2.23. The molecule has 0 aromatic heterocycles. The van der Waals surface area contributed by atoms with Crippen molar-refractivity contribution < 1.29 is 9.47 Å². The van der Waals surface area contributed by atoms with E-state index in [4.69, 9.17) is 9.47 Å². The first-order valence-electron chi connectivity index (χ1n) is 9.70. The Bertz CT molecular complexity index is 545. The van der Waals surface area contributed by atoms with Crippen LogP contribution >= 0.6 is 0 Å². The van der Waals surface area contributed by atoms with Crippen molar-refractivity contribution in [3.05, 3.63) is 29.3 Å². The van der Waals surface area contributed by atoms with Crippen LogP contribution in [-0.4, -0.2) is 43.9 Å². The molecule has 3 nitrogen and oxygen atoms in total. The van der Waals surface area contributed by atoms with Gasteiger partial charge in [-0.15, -0.1) is 0 Å². The molecule has 134 valence electrons. The van der Waals surface area contributed by atoms with Crippen LogP contribution < -0.4 is 4.74 Å². The number of benzene rings is 1. The highest BCUT2D eigenvalue weighted by atomic mass is 16.5. The topological polar surface area (TPSA) is 21.7 Å². The van der Waals surface area contributed by atoms with Crippen molar-refractivity contribution in [1.82, 2.24) is 4.90 Å². The molecule has 1 aromatic carbocycles. The minimum absolute atomic E-state index is 0.0442. The minimum atomic E-state index is 0.0442. The van der Waals surface area contributed by atoms with Gasteiger partial charge in [0.25, 0.3) is 0 Å². The highest BCUT2D eigenvalue weighted by molar-refractivity contribution is 5.45. The lowest BCUT2D eigenvalue weighted by Gasteiger charge is -2.39. The van der Waals surface area contributed by atoms with Crippen molar-refractivity contribution in [3.63, 3.8) is 0 Å². The summed E-state index contributed by atoms with van der Waals surface area (Å²) in [6, 6.07) is 6.74. The summed E-state index contributed by atoms with van der Waals surface area (Å²) in [6.45, 7) is 8.15. The van der Waals surface area contributed by atoms with Crippen LogP contribution in [0.5, 0.6) is 5.75 Å². The number of ether oxygens (including phenoxy) is 2. The van der Waals surface area contributed by atoms with Gasteiger partial charge in [-0.05, 0) is 52.6 Å². The van der Waals surface area contributed by atoms with Crippen LogP contribution in [0.2, 0.25) is 0 Å². The molecular weight excluding hydrogens is 298 g/mol. The Hall–Kier alpha value is -1.06. The lowest BCUT2D eigenvalue weighted by Crippen LogP contribution is -2.43. The van der Waals surface area contributed by atoms with Gasteiger partial charge in [0.2, 0.25) is 0 Å². The number of fused-ring (bicyclic) bond motifs is 3. The fourth-order valence-corrected chi connectivity index (χ4v) is 4.45. The molecule has 2 atom stereocenters. The largest absolute Gasteiger partial charge is 0.486 e. The second-order valence-corrected chi connectivity index (χ2v) is 7.61. The first-order chi connectivity index (χ1) is 11.6. The molecule has 0 bridgehead atoms. The molecule has 0 amide bonds. The SMILES string of the molecule is CCOCCCN(C)CCC12CCCCC1c1cc(C)ccc1O2. The Morgan fingerprint density at radius 1 is 1.29 bits per heavy atom. The molecule has 0 spiro atoms. The minimum Gasteiger partial charge on any atom is -0.486 e.